The second-order valence-electron chi connectivity index (χ2n) is 11.0. The Morgan fingerprint density at radius 3 is 2.35 bits per heavy atom. The van der Waals surface area contributed by atoms with Crippen molar-refractivity contribution in [1.29, 1.82) is 0 Å². The molecule has 37 heavy (non-hydrogen) atoms. The molecular formula is C30H38BrN3O3. The molecule has 2 amide bonds. The molecule has 0 aromatic heterocycles. The predicted molar refractivity (Wildman–Crippen MR) is 148 cm³/mol. The number of benzene rings is 2. The van der Waals surface area contributed by atoms with Gasteiger partial charge in [0.05, 0.1) is 18.6 Å². The molecule has 1 saturated carbocycles. The summed E-state index contributed by atoms with van der Waals surface area (Å²) in [7, 11) is 1.67. The fourth-order valence-electron chi connectivity index (χ4n) is 5.95. The minimum atomic E-state index is -0.195. The van der Waals surface area contributed by atoms with E-state index in [-0.39, 0.29) is 23.3 Å². The zero-order chi connectivity index (χ0) is 25.8. The maximum atomic E-state index is 13.4. The standard InChI is InChI=1S/C30H38BrN3O3/c1-37-26-11-7-23(8-12-26)27(32-28(35)24-3-2-4-24)13-17-33-18-14-30(15-19-33)16-20-34(29(30)36)21-22-5-9-25(31)10-6-22/h5-12,24,27H,2-4,13-21H2,1H3,(H,32,35). The number of nitrogens with zero attached hydrogens (tertiary/aromatic N) is 2. The molecular weight excluding hydrogens is 530 g/mol. The van der Waals surface area contributed by atoms with Crippen molar-refractivity contribution in [1.82, 2.24) is 15.1 Å². The van der Waals surface area contributed by atoms with Crippen molar-refractivity contribution >= 4 is 27.7 Å². The Bertz CT molecular complexity index is 1080. The van der Waals surface area contributed by atoms with E-state index in [0.717, 1.165) is 86.9 Å². The zero-order valence-electron chi connectivity index (χ0n) is 21.8. The number of amides is 2. The Balaban J connectivity index is 1.15. The van der Waals surface area contributed by atoms with Crippen LogP contribution in [0, 0.1) is 11.3 Å². The molecule has 2 aromatic rings. The largest absolute Gasteiger partial charge is 0.497 e. The number of rotatable bonds is 9. The summed E-state index contributed by atoms with van der Waals surface area (Å²) in [6.07, 6.45) is 6.82. The Hall–Kier alpha value is -2.38. The molecule has 3 fully saturated rings. The van der Waals surface area contributed by atoms with Gasteiger partial charge in [0.2, 0.25) is 11.8 Å². The summed E-state index contributed by atoms with van der Waals surface area (Å²) in [6, 6.07) is 16.3. The highest BCUT2D eigenvalue weighted by Gasteiger charge is 2.47. The smallest absolute Gasteiger partial charge is 0.229 e. The van der Waals surface area contributed by atoms with E-state index in [1.807, 2.05) is 24.3 Å². The molecule has 3 aliphatic rings. The first-order valence-corrected chi connectivity index (χ1v) is 14.5. The van der Waals surface area contributed by atoms with Crippen molar-refractivity contribution in [3.05, 3.63) is 64.1 Å². The van der Waals surface area contributed by atoms with Gasteiger partial charge in [0.1, 0.15) is 5.75 Å². The second-order valence-corrected chi connectivity index (χ2v) is 11.9. The molecule has 1 atom stereocenters. The lowest BCUT2D eigenvalue weighted by molar-refractivity contribution is -0.139. The minimum absolute atomic E-state index is 0.00981. The lowest BCUT2D eigenvalue weighted by Gasteiger charge is -2.38. The van der Waals surface area contributed by atoms with Gasteiger partial charge >= 0.3 is 0 Å². The number of carbonyl (C=O) groups is 2. The fraction of sp³-hybridized carbons (Fsp3) is 0.533. The van der Waals surface area contributed by atoms with Crippen LogP contribution in [0.25, 0.3) is 0 Å². The van der Waals surface area contributed by atoms with Crippen LogP contribution in [-0.4, -0.2) is 54.9 Å². The summed E-state index contributed by atoms with van der Waals surface area (Å²) < 4.78 is 6.38. The number of likely N-dealkylation sites (tertiary alicyclic amines) is 2. The minimum Gasteiger partial charge on any atom is -0.497 e. The molecule has 7 heteroatoms. The maximum absolute atomic E-state index is 13.4. The third-order valence-corrected chi connectivity index (χ3v) is 9.27. The molecule has 6 nitrogen and oxygen atoms in total. The molecule has 1 N–H and O–H groups in total. The topological polar surface area (TPSA) is 61.9 Å². The lowest BCUT2D eigenvalue weighted by Crippen LogP contribution is -2.45. The van der Waals surface area contributed by atoms with Gasteiger partial charge in [-0.05, 0) is 87.0 Å². The second kappa shape index (κ2) is 11.6. The fourth-order valence-corrected chi connectivity index (χ4v) is 6.22. The monoisotopic (exact) mass is 567 g/mol. The van der Waals surface area contributed by atoms with E-state index < -0.39 is 0 Å². The third-order valence-electron chi connectivity index (χ3n) is 8.75. The highest BCUT2D eigenvalue weighted by molar-refractivity contribution is 9.10. The van der Waals surface area contributed by atoms with Crippen LogP contribution < -0.4 is 10.1 Å². The molecule has 5 rings (SSSR count). The first kappa shape index (κ1) is 26.2. The van der Waals surface area contributed by atoms with Gasteiger partial charge < -0.3 is 19.9 Å². The summed E-state index contributed by atoms with van der Waals surface area (Å²) in [5, 5.41) is 3.33. The Kier molecular flexibility index (Phi) is 8.20. The molecule has 1 aliphatic carbocycles. The van der Waals surface area contributed by atoms with Crippen molar-refractivity contribution < 1.29 is 14.3 Å². The molecule has 0 radical (unpaired) electrons. The van der Waals surface area contributed by atoms with E-state index in [1.165, 1.54) is 5.56 Å². The van der Waals surface area contributed by atoms with Gasteiger partial charge in [0, 0.05) is 30.0 Å². The third kappa shape index (κ3) is 6.04. The summed E-state index contributed by atoms with van der Waals surface area (Å²) >= 11 is 3.49. The van der Waals surface area contributed by atoms with Crippen LogP contribution in [0.4, 0.5) is 0 Å². The molecule has 2 saturated heterocycles. The highest BCUT2D eigenvalue weighted by atomic mass is 79.9. The van der Waals surface area contributed by atoms with Crippen LogP contribution in [0.2, 0.25) is 0 Å². The molecule has 198 valence electrons. The number of piperidine rings is 1. The predicted octanol–water partition coefficient (Wildman–Crippen LogP) is 5.32. The summed E-state index contributed by atoms with van der Waals surface area (Å²) in [4.78, 5) is 30.7. The Labute approximate surface area is 228 Å². The number of methoxy groups -OCH3 is 1. The Morgan fingerprint density at radius 2 is 1.73 bits per heavy atom. The first-order valence-electron chi connectivity index (χ1n) is 13.7. The van der Waals surface area contributed by atoms with Crippen LogP contribution in [0.3, 0.4) is 0 Å². The van der Waals surface area contributed by atoms with Gasteiger partial charge in [-0.15, -0.1) is 0 Å². The molecule has 1 unspecified atom stereocenters. The number of ether oxygens (including phenoxy) is 1. The Morgan fingerprint density at radius 1 is 1.05 bits per heavy atom. The van der Waals surface area contributed by atoms with E-state index in [0.29, 0.717) is 12.5 Å². The molecule has 0 bridgehead atoms. The lowest BCUT2D eigenvalue weighted by atomic mass is 9.77. The van der Waals surface area contributed by atoms with E-state index >= 15 is 0 Å². The quantitative estimate of drug-likeness (QED) is 0.445. The SMILES string of the molecule is COc1ccc(C(CCN2CCC3(CC2)CCN(Cc2ccc(Br)cc2)C3=O)NC(=O)C2CCC2)cc1. The van der Waals surface area contributed by atoms with Crippen LogP contribution in [0.1, 0.15) is 62.1 Å². The van der Waals surface area contributed by atoms with E-state index in [4.69, 9.17) is 4.74 Å². The van der Waals surface area contributed by atoms with E-state index in [9.17, 15) is 9.59 Å². The average Bonchev–Trinajstić information content (AvgIpc) is 3.17. The summed E-state index contributed by atoms with van der Waals surface area (Å²) in [6.45, 7) is 4.32. The summed E-state index contributed by atoms with van der Waals surface area (Å²) in [5.41, 5.74) is 2.11. The van der Waals surface area contributed by atoms with Crippen LogP contribution in [-0.2, 0) is 16.1 Å². The maximum Gasteiger partial charge on any atom is 0.229 e. The number of nitrogens with one attached hydrogen (secondary N) is 1. The van der Waals surface area contributed by atoms with Crippen LogP contribution in [0.5, 0.6) is 5.75 Å². The van der Waals surface area contributed by atoms with Gasteiger partial charge in [-0.1, -0.05) is 46.6 Å². The molecule has 2 heterocycles. The number of hydrogen-bond acceptors (Lipinski definition) is 4. The number of hydrogen-bond donors (Lipinski definition) is 1. The average molecular weight is 569 g/mol. The van der Waals surface area contributed by atoms with E-state index in [1.54, 1.807) is 7.11 Å². The number of carbonyl (C=O) groups excluding carboxylic acids is 2. The first-order chi connectivity index (χ1) is 18.0. The van der Waals surface area contributed by atoms with Crippen molar-refractivity contribution in [3.63, 3.8) is 0 Å². The molecule has 2 aromatic carbocycles. The van der Waals surface area contributed by atoms with Gasteiger partial charge in [-0.25, -0.2) is 0 Å². The van der Waals surface area contributed by atoms with Gasteiger partial charge in [-0.3, -0.25) is 9.59 Å². The van der Waals surface area contributed by atoms with Gasteiger partial charge in [0.15, 0.2) is 0 Å². The van der Waals surface area contributed by atoms with E-state index in [2.05, 4.69) is 55.3 Å². The van der Waals surface area contributed by atoms with Crippen LogP contribution in [0.15, 0.2) is 53.0 Å². The highest BCUT2D eigenvalue weighted by Crippen LogP contribution is 2.42. The normalized spacial score (nSPS) is 20.6. The van der Waals surface area contributed by atoms with Crippen molar-refractivity contribution in [2.24, 2.45) is 11.3 Å². The number of halogens is 1. The molecule has 1 spiro atoms. The van der Waals surface area contributed by atoms with Crippen molar-refractivity contribution in [2.45, 2.75) is 57.5 Å². The van der Waals surface area contributed by atoms with Gasteiger partial charge in [-0.2, -0.15) is 0 Å². The van der Waals surface area contributed by atoms with Crippen molar-refractivity contribution in [3.8, 4) is 5.75 Å². The zero-order valence-corrected chi connectivity index (χ0v) is 23.3. The van der Waals surface area contributed by atoms with Crippen LogP contribution >= 0.6 is 15.9 Å². The van der Waals surface area contributed by atoms with Gasteiger partial charge in [0.25, 0.3) is 0 Å². The molecule has 2 aliphatic heterocycles. The van der Waals surface area contributed by atoms with Crippen molar-refractivity contribution in [2.75, 3.05) is 33.3 Å². The summed E-state index contributed by atoms with van der Waals surface area (Å²) in [5.74, 6) is 1.51.